The minimum absolute atomic E-state index is 0.639. The lowest BCUT2D eigenvalue weighted by Gasteiger charge is -2.33. The lowest BCUT2D eigenvalue weighted by Crippen LogP contribution is -2.39. The van der Waals surface area contributed by atoms with Crippen LogP contribution in [0.15, 0.2) is 12.4 Å². The van der Waals surface area contributed by atoms with Gasteiger partial charge < -0.3 is 9.80 Å². The van der Waals surface area contributed by atoms with E-state index in [1.165, 1.54) is 238 Å². The van der Waals surface area contributed by atoms with Crippen molar-refractivity contribution in [1.82, 2.24) is 9.80 Å². The van der Waals surface area contributed by atoms with E-state index in [4.69, 9.17) is 0 Å². The van der Waals surface area contributed by atoms with Gasteiger partial charge in [0.1, 0.15) is 6.17 Å². The normalized spacial score (nSPS) is 14.8. The van der Waals surface area contributed by atoms with Crippen molar-refractivity contribution in [3.8, 4) is 0 Å². The quantitative estimate of drug-likeness (QED) is 0.0630. The van der Waals surface area contributed by atoms with Crippen molar-refractivity contribution in [2.75, 3.05) is 13.1 Å². The van der Waals surface area contributed by atoms with Gasteiger partial charge >= 0.3 is 0 Å². The Bertz CT molecular complexity index is 586. The molecule has 2 heteroatoms. The zero-order valence-electron chi connectivity index (χ0n) is 31.8. The van der Waals surface area contributed by atoms with E-state index in [2.05, 4.69) is 43.0 Å². The highest BCUT2D eigenvalue weighted by atomic mass is 15.4. The smallest absolute Gasteiger partial charge is 0.101 e. The molecule has 1 aliphatic heterocycles. The molecule has 0 saturated carbocycles. The lowest BCUT2D eigenvalue weighted by molar-refractivity contribution is 0.135. The molecule has 45 heavy (non-hydrogen) atoms. The summed E-state index contributed by atoms with van der Waals surface area (Å²) in [5, 5.41) is 0. The molecule has 0 bridgehead atoms. The van der Waals surface area contributed by atoms with Gasteiger partial charge in [0, 0.05) is 25.5 Å². The highest BCUT2D eigenvalue weighted by Crippen LogP contribution is 2.24. The Balaban J connectivity index is 2.03. The molecular formula is C43H86N2. The summed E-state index contributed by atoms with van der Waals surface area (Å²) in [6, 6.07) is 0. The Kier molecular flexibility index (Phi) is 32.6. The predicted octanol–water partition coefficient (Wildman–Crippen LogP) is 15.1. The van der Waals surface area contributed by atoms with Crippen LogP contribution >= 0.6 is 0 Å². The van der Waals surface area contributed by atoms with Gasteiger partial charge in [-0.25, -0.2) is 0 Å². The van der Waals surface area contributed by atoms with Crippen LogP contribution in [0.3, 0.4) is 0 Å². The van der Waals surface area contributed by atoms with Crippen LogP contribution in [0.1, 0.15) is 245 Å². The topological polar surface area (TPSA) is 6.48 Å². The van der Waals surface area contributed by atoms with Gasteiger partial charge in [0.25, 0.3) is 0 Å². The minimum atomic E-state index is 0.639. The Morgan fingerprint density at radius 2 is 0.511 bits per heavy atom. The van der Waals surface area contributed by atoms with Crippen LogP contribution in [0.25, 0.3) is 0 Å². The average molecular weight is 631 g/mol. The molecule has 0 aliphatic carbocycles. The van der Waals surface area contributed by atoms with Crippen LogP contribution in [0.2, 0.25) is 0 Å². The van der Waals surface area contributed by atoms with Crippen LogP contribution in [0.4, 0.5) is 0 Å². The van der Waals surface area contributed by atoms with Crippen molar-refractivity contribution in [3.63, 3.8) is 0 Å². The highest BCUT2D eigenvalue weighted by molar-refractivity contribution is 4.97. The van der Waals surface area contributed by atoms with E-state index in [0.717, 1.165) is 0 Å². The Morgan fingerprint density at radius 1 is 0.289 bits per heavy atom. The van der Waals surface area contributed by atoms with Gasteiger partial charge in [-0.05, 0) is 25.7 Å². The monoisotopic (exact) mass is 631 g/mol. The van der Waals surface area contributed by atoms with Gasteiger partial charge in [-0.3, -0.25) is 0 Å². The summed E-state index contributed by atoms with van der Waals surface area (Å²) in [6.45, 7) is 9.47. The van der Waals surface area contributed by atoms with Crippen molar-refractivity contribution < 1.29 is 0 Å². The second-order valence-corrected chi connectivity index (χ2v) is 15.0. The number of hydrogen-bond donors (Lipinski definition) is 0. The van der Waals surface area contributed by atoms with Crippen molar-refractivity contribution in [1.29, 1.82) is 0 Å². The van der Waals surface area contributed by atoms with Crippen LogP contribution in [-0.4, -0.2) is 29.1 Å². The second-order valence-electron chi connectivity index (χ2n) is 15.0. The largest absolute Gasteiger partial charge is 0.356 e. The summed E-state index contributed by atoms with van der Waals surface area (Å²) >= 11 is 0. The molecule has 2 nitrogen and oxygen atoms in total. The summed E-state index contributed by atoms with van der Waals surface area (Å²) in [6.07, 6.45) is 56.0. The summed E-state index contributed by atoms with van der Waals surface area (Å²) in [4.78, 5) is 5.39. The standard InChI is InChI=1S/C43H86N2/c1-4-7-10-12-14-16-18-20-22-23-24-26-28-30-32-34-37-40-45-42-41-44(39-36-9-6-3)43(45)38-35-33-31-29-27-25-21-19-17-15-13-11-8-5-2/h41-43H,4-40H2,1-3H3. The molecule has 0 aromatic carbocycles. The van der Waals surface area contributed by atoms with Gasteiger partial charge in [0.2, 0.25) is 0 Å². The fraction of sp³-hybridized carbons (Fsp3) is 0.953. The molecule has 1 heterocycles. The summed E-state index contributed by atoms with van der Waals surface area (Å²) in [5.74, 6) is 0. The third-order valence-electron chi connectivity index (χ3n) is 10.6. The van der Waals surface area contributed by atoms with Gasteiger partial charge in [0.15, 0.2) is 0 Å². The molecule has 1 unspecified atom stereocenters. The second kappa shape index (κ2) is 34.7. The van der Waals surface area contributed by atoms with Crippen molar-refractivity contribution in [2.24, 2.45) is 0 Å². The van der Waals surface area contributed by atoms with E-state index in [-0.39, 0.29) is 0 Å². The fourth-order valence-corrected chi connectivity index (χ4v) is 7.42. The van der Waals surface area contributed by atoms with E-state index < -0.39 is 0 Å². The molecule has 1 atom stereocenters. The zero-order valence-corrected chi connectivity index (χ0v) is 31.8. The first-order valence-corrected chi connectivity index (χ1v) is 21.5. The maximum absolute atomic E-state index is 2.71. The summed E-state index contributed by atoms with van der Waals surface area (Å²) in [7, 11) is 0. The van der Waals surface area contributed by atoms with Crippen LogP contribution < -0.4 is 0 Å². The average Bonchev–Trinajstić information content (AvgIpc) is 3.43. The van der Waals surface area contributed by atoms with Crippen molar-refractivity contribution in [3.05, 3.63) is 12.4 Å². The first kappa shape index (κ1) is 42.4. The van der Waals surface area contributed by atoms with Gasteiger partial charge in [-0.15, -0.1) is 0 Å². The van der Waals surface area contributed by atoms with E-state index in [1.807, 2.05) is 0 Å². The zero-order chi connectivity index (χ0) is 32.3. The molecule has 1 rings (SSSR count). The SMILES string of the molecule is CCCCCCCCCCCCCCCCCCCN1C=CN(CCCCC)C1CCCCCCCCCCCCCCCC. The van der Waals surface area contributed by atoms with E-state index in [1.54, 1.807) is 0 Å². The third kappa shape index (κ3) is 27.0. The van der Waals surface area contributed by atoms with Crippen LogP contribution in [0, 0.1) is 0 Å². The molecule has 0 aromatic rings. The van der Waals surface area contributed by atoms with Crippen molar-refractivity contribution >= 4 is 0 Å². The van der Waals surface area contributed by atoms with Gasteiger partial charge in [0.05, 0.1) is 0 Å². The minimum Gasteiger partial charge on any atom is -0.356 e. The van der Waals surface area contributed by atoms with E-state index in [0.29, 0.717) is 6.17 Å². The number of unbranched alkanes of at least 4 members (excludes halogenated alkanes) is 31. The van der Waals surface area contributed by atoms with Crippen molar-refractivity contribution in [2.45, 2.75) is 252 Å². The van der Waals surface area contributed by atoms with Gasteiger partial charge in [-0.1, -0.05) is 220 Å². The highest BCUT2D eigenvalue weighted by Gasteiger charge is 2.24. The lowest BCUT2D eigenvalue weighted by atomic mass is 10.0. The number of rotatable bonds is 37. The molecule has 0 amide bonds. The Labute approximate surface area is 286 Å². The molecule has 0 fully saturated rings. The van der Waals surface area contributed by atoms with Gasteiger partial charge in [-0.2, -0.15) is 0 Å². The molecule has 0 aromatic heterocycles. The molecule has 0 N–H and O–H groups in total. The Hall–Kier alpha value is -0.660. The molecule has 0 radical (unpaired) electrons. The first-order chi connectivity index (χ1) is 22.3. The maximum Gasteiger partial charge on any atom is 0.101 e. The molecule has 268 valence electrons. The Morgan fingerprint density at radius 3 is 0.822 bits per heavy atom. The fourth-order valence-electron chi connectivity index (χ4n) is 7.42. The van der Waals surface area contributed by atoms with E-state index >= 15 is 0 Å². The maximum atomic E-state index is 2.71. The predicted molar refractivity (Wildman–Crippen MR) is 205 cm³/mol. The summed E-state index contributed by atoms with van der Waals surface area (Å²) in [5.41, 5.74) is 0. The molecule has 0 saturated heterocycles. The number of hydrogen-bond acceptors (Lipinski definition) is 2. The van der Waals surface area contributed by atoms with E-state index in [9.17, 15) is 0 Å². The molecule has 1 aliphatic rings. The molecule has 0 spiro atoms. The first-order valence-electron chi connectivity index (χ1n) is 21.5. The summed E-state index contributed by atoms with van der Waals surface area (Å²) < 4.78 is 0. The molecular weight excluding hydrogens is 544 g/mol. The number of nitrogens with zero attached hydrogens (tertiary/aromatic N) is 2. The van der Waals surface area contributed by atoms with Crippen LogP contribution in [0.5, 0.6) is 0 Å². The third-order valence-corrected chi connectivity index (χ3v) is 10.6. The van der Waals surface area contributed by atoms with Crippen LogP contribution in [-0.2, 0) is 0 Å².